The number of nitrogens with one attached hydrogen (secondary N) is 1. The molecule has 0 saturated heterocycles. The molecule has 0 aromatic heterocycles. The molecule has 162 valence electrons. The maximum absolute atomic E-state index is 12.4. The predicted molar refractivity (Wildman–Crippen MR) is 118 cm³/mol. The molecule has 2 aromatic rings. The lowest BCUT2D eigenvalue weighted by Crippen LogP contribution is -2.31. The van der Waals surface area contributed by atoms with Crippen molar-refractivity contribution in [3.05, 3.63) is 53.6 Å². The van der Waals surface area contributed by atoms with Gasteiger partial charge < -0.3 is 19.7 Å². The third kappa shape index (κ3) is 5.97. The van der Waals surface area contributed by atoms with Crippen molar-refractivity contribution in [1.82, 2.24) is 9.80 Å². The minimum Gasteiger partial charge on any atom is -0.493 e. The first-order valence-corrected chi connectivity index (χ1v) is 10.0. The third-order valence-corrected chi connectivity index (χ3v) is 4.80. The highest BCUT2D eigenvalue weighted by molar-refractivity contribution is 5.96. The molecule has 0 spiro atoms. The number of nitrogens with zero attached hydrogens (tertiary/aromatic N) is 2. The van der Waals surface area contributed by atoms with Crippen molar-refractivity contribution < 1.29 is 19.1 Å². The van der Waals surface area contributed by atoms with Gasteiger partial charge in [0, 0.05) is 36.4 Å². The number of para-hydroxylation sites is 1. The fraction of sp³-hybridized carbons (Fsp3) is 0.391. The van der Waals surface area contributed by atoms with Crippen LogP contribution in [0.1, 0.15) is 29.8 Å². The summed E-state index contributed by atoms with van der Waals surface area (Å²) in [5.74, 6) is 1.18. The largest absolute Gasteiger partial charge is 0.493 e. The van der Waals surface area contributed by atoms with Crippen LogP contribution in [-0.4, -0.2) is 62.5 Å². The molecule has 1 N–H and O–H groups in total. The molecule has 0 saturated carbocycles. The van der Waals surface area contributed by atoms with Crippen LogP contribution in [0.3, 0.4) is 0 Å². The lowest BCUT2D eigenvalue weighted by Gasteiger charge is -2.20. The number of hydrogen-bond donors (Lipinski definition) is 1. The van der Waals surface area contributed by atoms with E-state index in [1.165, 1.54) is 0 Å². The van der Waals surface area contributed by atoms with Crippen LogP contribution in [0.2, 0.25) is 0 Å². The SMILES string of the molecule is CCN(CC)C(=O)c1ccc(NC(=O)CN(C)Cc2cccc(OC)c2OC)cc1. The zero-order valence-corrected chi connectivity index (χ0v) is 18.4. The summed E-state index contributed by atoms with van der Waals surface area (Å²) in [6, 6.07) is 12.7. The molecule has 30 heavy (non-hydrogen) atoms. The lowest BCUT2D eigenvalue weighted by molar-refractivity contribution is -0.117. The van der Waals surface area contributed by atoms with Gasteiger partial charge in [-0.25, -0.2) is 0 Å². The number of benzene rings is 2. The molecule has 2 amide bonds. The van der Waals surface area contributed by atoms with Gasteiger partial charge in [0.1, 0.15) is 0 Å². The summed E-state index contributed by atoms with van der Waals surface area (Å²) in [5, 5.41) is 2.87. The molecule has 2 aromatic carbocycles. The monoisotopic (exact) mass is 413 g/mol. The van der Waals surface area contributed by atoms with E-state index in [1.54, 1.807) is 43.4 Å². The summed E-state index contributed by atoms with van der Waals surface area (Å²) in [6.07, 6.45) is 0. The van der Waals surface area contributed by atoms with E-state index in [4.69, 9.17) is 9.47 Å². The number of methoxy groups -OCH3 is 2. The van der Waals surface area contributed by atoms with E-state index in [2.05, 4.69) is 5.32 Å². The van der Waals surface area contributed by atoms with E-state index in [0.29, 0.717) is 42.4 Å². The van der Waals surface area contributed by atoms with Crippen molar-refractivity contribution in [1.29, 1.82) is 0 Å². The van der Waals surface area contributed by atoms with E-state index in [-0.39, 0.29) is 18.4 Å². The van der Waals surface area contributed by atoms with Crippen molar-refractivity contribution in [2.45, 2.75) is 20.4 Å². The van der Waals surface area contributed by atoms with Crippen LogP contribution in [0.25, 0.3) is 0 Å². The van der Waals surface area contributed by atoms with Crippen LogP contribution >= 0.6 is 0 Å². The molecule has 0 aliphatic carbocycles. The molecular formula is C23H31N3O4. The van der Waals surface area contributed by atoms with Crippen LogP contribution in [0.5, 0.6) is 11.5 Å². The highest BCUT2D eigenvalue weighted by Gasteiger charge is 2.15. The number of ether oxygens (including phenoxy) is 2. The van der Waals surface area contributed by atoms with Crippen molar-refractivity contribution in [2.75, 3.05) is 46.2 Å². The van der Waals surface area contributed by atoms with Gasteiger partial charge in [-0.2, -0.15) is 0 Å². The normalized spacial score (nSPS) is 10.6. The third-order valence-electron chi connectivity index (χ3n) is 4.80. The Labute approximate surface area is 178 Å². The Morgan fingerprint density at radius 1 is 0.967 bits per heavy atom. The minimum atomic E-state index is -0.137. The average Bonchev–Trinajstić information content (AvgIpc) is 2.74. The first kappa shape index (κ1) is 23.2. The van der Waals surface area contributed by atoms with Crippen LogP contribution in [-0.2, 0) is 11.3 Å². The van der Waals surface area contributed by atoms with Crippen LogP contribution in [0.4, 0.5) is 5.69 Å². The Balaban J connectivity index is 1.95. The topological polar surface area (TPSA) is 71.1 Å². The number of hydrogen-bond acceptors (Lipinski definition) is 5. The van der Waals surface area contributed by atoms with Crippen molar-refractivity contribution in [2.24, 2.45) is 0 Å². The lowest BCUT2D eigenvalue weighted by atomic mass is 10.1. The summed E-state index contributed by atoms with van der Waals surface area (Å²) in [4.78, 5) is 28.4. The molecular weight excluding hydrogens is 382 g/mol. The average molecular weight is 414 g/mol. The number of rotatable bonds is 10. The van der Waals surface area contributed by atoms with Crippen LogP contribution < -0.4 is 14.8 Å². The Bertz CT molecular complexity index is 848. The molecule has 0 heterocycles. The first-order valence-electron chi connectivity index (χ1n) is 10.0. The zero-order chi connectivity index (χ0) is 22.1. The molecule has 2 rings (SSSR count). The van der Waals surface area contributed by atoms with Gasteiger partial charge in [-0.1, -0.05) is 12.1 Å². The molecule has 0 unspecified atom stereocenters. The summed E-state index contributed by atoms with van der Waals surface area (Å²) >= 11 is 0. The number of carbonyl (C=O) groups is 2. The highest BCUT2D eigenvalue weighted by atomic mass is 16.5. The summed E-state index contributed by atoms with van der Waals surface area (Å²) in [5.41, 5.74) is 2.20. The van der Waals surface area contributed by atoms with Crippen molar-refractivity contribution in [3.63, 3.8) is 0 Å². The van der Waals surface area contributed by atoms with E-state index < -0.39 is 0 Å². The van der Waals surface area contributed by atoms with Gasteiger partial charge in [0.25, 0.3) is 5.91 Å². The van der Waals surface area contributed by atoms with Crippen LogP contribution in [0.15, 0.2) is 42.5 Å². The van der Waals surface area contributed by atoms with Gasteiger partial charge in [-0.05, 0) is 51.2 Å². The number of amides is 2. The predicted octanol–water partition coefficient (Wildman–Crippen LogP) is 3.26. The number of anilines is 1. The molecule has 0 atom stereocenters. The van der Waals surface area contributed by atoms with Gasteiger partial charge in [0.05, 0.1) is 20.8 Å². The fourth-order valence-corrected chi connectivity index (χ4v) is 3.26. The van der Waals surface area contributed by atoms with Crippen molar-refractivity contribution in [3.8, 4) is 11.5 Å². The Kier molecular flexibility index (Phi) is 8.68. The fourth-order valence-electron chi connectivity index (χ4n) is 3.26. The molecule has 0 aliphatic rings. The Morgan fingerprint density at radius 3 is 2.20 bits per heavy atom. The zero-order valence-electron chi connectivity index (χ0n) is 18.4. The maximum Gasteiger partial charge on any atom is 0.253 e. The summed E-state index contributed by atoms with van der Waals surface area (Å²) < 4.78 is 10.8. The van der Waals surface area contributed by atoms with E-state index in [0.717, 1.165) is 5.56 Å². The van der Waals surface area contributed by atoms with E-state index in [1.807, 2.05) is 44.0 Å². The second-order valence-electron chi connectivity index (χ2n) is 6.93. The number of carbonyl (C=O) groups excluding carboxylic acids is 2. The van der Waals surface area contributed by atoms with E-state index in [9.17, 15) is 9.59 Å². The maximum atomic E-state index is 12.4. The number of likely N-dealkylation sites (N-methyl/N-ethyl adjacent to an activating group) is 1. The molecule has 0 aliphatic heterocycles. The molecule has 0 radical (unpaired) electrons. The van der Waals surface area contributed by atoms with Gasteiger partial charge >= 0.3 is 0 Å². The van der Waals surface area contributed by atoms with E-state index >= 15 is 0 Å². The first-order chi connectivity index (χ1) is 14.4. The summed E-state index contributed by atoms with van der Waals surface area (Å²) in [6.45, 7) is 5.98. The smallest absolute Gasteiger partial charge is 0.253 e. The van der Waals surface area contributed by atoms with Crippen LogP contribution in [0, 0.1) is 0 Å². The second kappa shape index (κ2) is 11.2. The second-order valence-corrected chi connectivity index (χ2v) is 6.93. The molecule has 0 bridgehead atoms. The Hall–Kier alpha value is -3.06. The van der Waals surface area contributed by atoms with Gasteiger partial charge in [-0.15, -0.1) is 0 Å². The van der Waals surface area contributed by atoms with Crippen molar-refractivity contribution >= 4 is 17.5 Å². The van der Waals surface area contributed by atoms with Gasteiger partial charge in [0.2, 0.25) is 5.91 Å². The summed E-state index contributed by atoms with van der Waals surface area (Å²) in [7, 11) is 5.06. The molecule has 7 nitrogen and oxygen atoms in total. The standard InChI is InChI=1S/C23H31N3O4/c1-6-26(7-2)23(28)17-11-13-19(14-12-17)24-21(27)16-25(3)15-18-9-8-10-20(29-4)22(18)30-5/h8-14H,6-7,15-16H2,1-5H3,(H,24,27). The minimum absolute atomic E-state index is 0.00940. The van der Waals surface area contributed by atoms with Gasteiger partial charge in [-0.3, -0.25) is 14.5 Å². The molecule has 7 heteroatoms. The quantitative estimate of drug-likeness (QED) is 0.647. The molecule has 0 fully saturated rings. The highest BCUT2D eigenvalue weighted by Crippen LogP contribution is 2.31. The van der Waals surface area contributed by atoms with Gasteiger partial charge in [0.15, 0.2) is 11.5 Å². The Morgan fingerprint density at radius 2 is 1.63 bits per heavy atom.